The zero-order chi connectivity index (χ0) is 7.28. The Balaban J connectivity index is 3.10. The van der Waals surface area contributed by atoms with Crippen LogP contribution in [0.25, 0.3) is 0 Å². The molecule has 0 aliphatic carbocycles. The topological polar surface area (TPSA) is 95.5 Å². The molecule has 0 heterocycles. The summed E-state index contributed by atoms with van der Waals surface area (Å²) in [7, 11) is 0. The minimum Gasteiger partial charge on any atom is -0.370 e. The van der Waals surface area contributed by atoms with Crippen LogP contribution in [-0.2, 0) is 9.63 Å². The maximum atomic E-state index is 9.90. The summed E-state index contributed by atoms with van der Waals surface area (Å²) in [5, 5.41) is 8.44. The van der Waals surface area contributed by atoms with Gasteiger partial charge in [-0.15, -0.1) is 10.1 Å². The second-order valence-electron chi connectivity index (χ2n) is 1.27. The molecule has 6 nitrogen and oxygen atoms in total. The third kappa shape index (κ3) is 6.67. The Kier molecular flexibility index (Phi) is 3.11. The molecule has 52 valence electrons. The fourth-order valence-electron chi connectivity index (χ4n) is 0.221. The van der Waals surface area contributed by atoms with Crippen LogP contribution in [0.15, 0.2) is 0 Å². The van der Waals surface area contributed by atoms with Crippen molar-refractivity contribution in [3.63, 3.8) is 0 Å². The van der Waals surface area contributed by atoms with Crippen molar-refractivity contribution < 1.29 is 14.7 Å². The summed E-state index contributed by atoms with van der Waals surface area (Å²) in [5.41, 5.74) is 4.64. The first-order valence-corrected chi connectivity index (χ1v) is 2.18. The van der Waals surface area contributed by atoms with Gasteiger partial charge >= 0.3 is 0 Å². The number of hydrogen-bond acceptors (Lipinski definition) is 4. The fourth-order valence-corrected chi connectivity index (χ4v) is 0.221. The average Bonchev–Trinajstić information content (AvgIpc) is 1.63. The molecule has 1 amide bonds. The third-order valence-corrected chi connectivity index (χ3v) is 0.545. The summed E-state index contributed by atoms with van der Waals surface area (Å²) in [6.07, 6.45) is -0.124. The Morgan fingerprint density at radius 3 is 2.67 bits per heavy atom. The minimum atomic E-state index is -0.969. The standard InChI is InChI=1S/C3H6N2O4/c4-3(6)1-2-9-5(7)8/h1-2H2,(H2,4,6). The lowest BCUT2D eigenvalue weighted by molar-refractivity contribution is -0.757. The zero-order valence-electron chi connectivity index (χ0n) is 4.57. The Hall–Kier alpha value is -1.33. The molecule has 0 saturated carbocycles. The van der Waals surface area contributed by atoms with Gasteiger partial charge in [-0.25, -0.2) is 0 Å². The monoisotopic (exact) mass is 134 g/mol. The van der Waals surface area contributed by atoms with E-state index in [9.17, 15) is 14.9 Å². The van der Waals surface area contributed by atoms with E-state index in [0.717, 1.165) is 0 Å². The van der Waals surface area contributed by atoms with E-state index in [-0.39, 0.29) is 13.0 Å². The van der Waals surface area contributed by atoms with Gasteiger partial charge in [-0.2, -0.15) is 0 Å². The molecule has 9 heavy (non-hydrogen) atoms. The van der Waals surface area contributed by atoms with E-state index < -0.39 is 11.0 Å². The summed E-state index contributed by atoms with van der Waals surface area (Å²) in [6.45, 7) is -0.262. The number of hydrogen-bond donors (Lipinski definition) is 1. The highest BCUT2D eigenvalue weighted by Crippen LogP contribution is 1.79. The van der Waals surface area contributed by atoms with Crippen LogP contribution in [0.2, 0.25) is 0 Å². The number of amides is 1. The van der Waals surface area contributed by atoms with Crippen molar-refractivity contribution in [2.75, 3.05) is 6.61 Å². The number of primary amides is 1. The Bertz CT molecular complexity index is 109. The van der Waals surface area contributed by atoms with Crippen LogP contribution in [0.4, 0.5) is 0 Å². The van der Waals surface area contributed by atoms with Crippen LogP contribution in [-0.4, -0.2) is 17.6 Å². The van der Waals surface area contributed by atoms with Crippen LogP contribution < -0.4 is 5.73 Å². The van der Waals surface area contributed by atoms with Crippen molar-refractivity contribution in [1.29, 1.82) is 0 Å². The SMILES string of the molecule is NC(=O)CCO[N+](=O)[O-]. The van der Waals surface area contributed by atoms with E-state index in [1.54, 1.807) is 0 Å². The molecule has 0 rings (SSSR count). The first-order valence-electron chi connectivity index (χ1n) is 2.18. The molecular formula is C3H6N2O4. The molecule has 0 aromatic heterocycles. The normalized spacial score (nSPS) is 8.44. The van der Waals surface area contributed by atoms with Crippen molar-refractivity contribution in [1.82, 2.24) is 0 Å². The fraction of sp³-hybridized carbons (Fsp3) is 0.667. The van der Waals surface area contributed by atoms with Crippen molar-refractivity contribution in [2.24, 2.45) is 5.73 Å². The Morgan fingerprint density at radius 2 is 2.33 bits per heavy atom. The van der Waals surface area contributed by atoms with E-state index in [2.05, 4.69) is 10.6 Å². The summed E-state index contributed by atoms with van der Waals surface area (Å²) in [4.78, 5) is 23.1. The average molecular weight is 134 g/mol. The maximum Gasteiger partial charge on any atom is 0.294 e. The van der Waals surface area contributed by atoms with Crippen LogP contribution in [0, 0.1) is 10.1 Å². The van der Waals surface area contributed by atoms with Gasteiger partial charge < -0.3 is 10.6 Å². The molecule has 0 aromatic rings. The van der Waals surface area contributed by atoms with Gasteiger partial charge in [0.05, 0.1) is 6.42 Å². The highest BCUT2D eigenvalue weighted by Gasteiger charge is 1.96. The molecule has 0 fully saturated rings. The number of carbonyl (C=O) groups is 1. The van der Waals surface area contributed by atoms with Gasteiger partial charge in [0.2, 0.25) is 5.91 Å². The Labute approximate surface area is 50.7 Å². The van der Waals surface area contributed by atoms with Gasteiger partial charge in [-0.1, -0.05) is 0 Å². The summed E-state index contributed by atoms with van der Waals surface area (Å²) in [5.74, 6) is -0.614. The van der Waals surface area contributed by atoms with E-state index >= 15 is 0 Å². The maximum absolute atomic E-state index is 9.90. The zero-order valence-corrected chi connectivity index (χ0v) is 4.57. The summed E-state index contributed by atoms with van der Waals surface area (Å²) >= 11 is 0. The van der Waals surface area contributed by atoms with E-state index in [1.165, 1.54) is 0 Å². The molecule has 0 aromatic carbocycles. The van der Waals surface area contributed by atoms with Gasteiger partial charge in [0, 0.05) is 0 Å². The van der Waals surface area contributed by atoms with Gasteiger partial charge in [-0.05, 0) is 0 Å². The van der Waals surface area contributed by atoms with E-state index in [4.69, 9.17) is 0 Å². The summed E-state index contributed by atoms with van der Waals surface area (Å²) in [6, 6.07) is 0. The molecule has 0 unspecified atom stereocenters. The van der Waals surface area contributed by atoms with Crippen LogP contribution in [0.1, 0.15) is 6.42 Å². The first-order chi connectivity index (χ1) is 4.13. The van der Waals surface area contributed by atoms with Gasteiger partial charge in [-0.3, -0.25) is 4.79 Å². The smallest absolute Gasteiger partial charge is 0.294 e. The predicted molar refractivity (Wildman–Crippen MR) is 26.8 cm³/mol. The predicted octanol–water partition coefficient (Wildman–Crippen LogP) is -0.930. The van der Waals surface area contributed by atoms with Crippen LogP contribution in [0.5, 0.6) is 0 Å². The van der Waals surface area contributed by atoms with Crippen molar-refractivity contribution in [3.8, 4) is 0 Å². The molecule has 0 saturated heterocycles. The second-order valence-corrected chi connectivity index (χ2v) is 1.27. The lowest BCUT2D eigenvalue weighted by Crippen LogP contribution is -2.14. The molecule has 2 N–H and O–H groups in total. The molecule has 0 radical (unpaired) electrons. The number of carbonyl (C=O) groups excluding carboxylic acids is 1. The third-order valence-electron chi connectivity index (χ3n) is 0.545. The Morgan fingerprint density at radius 1 is 1.78 bits per heavy atom. The lowest BCUT2D eigenvalue weighted by atomic mass is 10.4. The molecule has 0 bridgehead atoms. The second kappa shape index (κ2) is 3.65. The van der Waals surface area contributed by atoms with Crippen molar-refractivity contribution >= 4 is 5.91 Å². The molecule has 0 aliphatic heterocycles. The van der Waals surface area contributed by atoms with Crippen molar-refractivity contribution in [2.45, 2.75) is 6.42 Å². The van der Waals surface area contributed by atoms with Gasteiger partial charge in [0.25, 0.3) is 5.09 Å². The van der Waals surface area contributed by atoms with E-state index in [1.807, 2.05) is 0 Å². The quantitative estimate of drug-likeness (QED) is 0.396. The molecule has 0 spiro atoms. The summed E-state index contributed by atoms with van der Waals surface area (Å²) < 4.78 is 0. The van der Waals surface area contributed by atoms with Crippen molar-refractivity contribution in [3.05, 3.63) is 10.1 Å². The highest BCUT2D eigenvalue weighted by atomic mass is 16.9. The first kappa shape index (κ1) is 7.67. The molecule has 6 heteroatoms. The highest BCUT2D eigenvalue weighted by molar-refractivity contribution is 5.73. The van der Waals surface area contributed by atoms with Gasteiger partial charge in [0.1, 0.15) is 6.61 Å². The molecular weight excluding hydrogens is 128 g/mol. The number of nitrogens with zero attached hydrogens (tertiary/aromatic N) is 1. The van der Waals surface area contributed by atoms with Crippen LogP contribution >= 0.6 is 0 Å². The van der Waals surface area contributed by atoms with E-state index in [0.29, 0.717) is 0 Å². The number of nitrogens with two attached hydrogens (primary N) is 1. The van der Waals surface area contributed by atoms with Crippen LogP contribution in [0.3, 0.4) is 0 Å². The lowest BCUT2D eigenvalue weighted by Gasteiger charge is -1.92. The number of rotatable bonds is 4. The molecule has 0 aliphatic rings. The largest absolute Gasteiger partial charge is 0.370 e. The minimum absolute atomic E-state index is 0.124. The molecule has 0 atom stereocenters. The van der Waals surface area contributed by atoms with Gasteiger partial charge in [0.15, 0.2) is 0 Å².